The molecular formula is C31H30BrN3O5S. The van der Waals surface area contributed by atoms with Crippen molar-refractivity contribution in [1.29, 1.82) is 0 Å². The van der Waals surface area contributed by atoms with Crippen molar-refractivity contribution in [1.82, 2.24) is 9.80 Å². The molecule has 2 heterocycles. The molecule has 8 nitrogen and oxygen atoms in total. The fraction of sp³-hybridized carbons (Fsp3) is 0.258. The van der Waals surface area contributed by atoms with Crippen LogP contribution >= 0.6 is 27.7 Å². The van der Waals surface area contributed by atoms with E-state index < -0.39 is 11.1 Å². The number of para-hydroxylation sites is 1. The molecular weight excluding hydrogens is 606 g/mol. The predicted octanol–water partition coefficient (Wildman–Crippen LogP) is 5.73. The second-order valence-corrected chi connectivity index (χ2v) is 11.6. The number of imide groups is 1. The van der Waals surface area contributed by atoms with E-state index in [4.69, 9.17) is 9.47 Å². The number of carbonyl (C=O) groups excluding carboxylic acids is 3. The summed E-state index contributed by atoms with van der Waals surface area (Å²) in [4.78, 5) is 44.1. The summed E-state index contributed by atoms with van der Waals surface area (Å²) in [7, 11) is 1.55. The van der Waals surface area contributed by atoms with Crippen LogP contribution in [0.3, 0.4) is 0 Å². The molecule has 0 atom stereocenters. The van der Waals surface area contributed by atoms with Crippen molar-refractivity contribution in [2.45, 2.75) is 13.5 Å². The summed E-state index contributed by atoms with van der Waals surface area (Å²) in [5.41, 5.74) is 3.97. The number of benzene rings is 3. The first-order valence-electron chi connectivity index (χ1n) is 13.2. The summed E-state index contributed by atoms with van der Waals surface area (Å²) in [5.74, 6) is 0.310. The minimum Gasteiger partial charge on any atom is -0.493 e. The molecule has 212 valence electrons. The highest BCUT2D eigenvalue weighted by atomic mass is 79.9. The number of hydrogen-bond donors (Lipinski definition) is 0. The van der Waals surface area contributed by atoms with E-state index in [1.165, 1.54) is 5.56 Å². The quantitative estimate of drug-likeness (QED) is 0.293. The van der Waals surface area contributed by atoms with Gasteiger partial charge in [0.2, 0.25) is 5.91 Å². The average molecular weight is 637 g/mol. The molecule has 3 amide bonds. The first-order valence-corrected chi connectivity index (χ1v) is 14.8. The van der Waals surface area contributed by atoms with Crippen LogP contribution in [-0.2, 0) is 16.2 Å². The number of aryl methyl sites for hydroxylation is 1. The van der Waals surface area contributed by atoms with Gasteiger partial charge in [0, 0.05) is 31.9 Å². The van der Waals surface area contributed by atoms with Crippen LogP contribution in [0.2, 0.25) is 0 Å². The van der Waals surface area contributed by atoms with Gasteiger partial charge in [-0.15, -0.1) is 0 Å². The molecule has 5 rings (SSSR count). The monoisotopic (exact) mass is 635 g/mol. The fourth-order valence-corrected chi connectivity index (χ4v) is 6.09. The maximum Gasteiger partial charge on any atom is 0.294 e. The Morgan fingerprint density at radius 2 is 1.71 bits per heavy atom. The third-order valence-corrected chi connectivity index (χ3v) is 8.47. The molecule has 0 aromatic heterocycles. The summed E-state index contributed by atoms with van der Waals surface area (Å²) < 4.78 is 12.2. The average Bonchev–Trinajstić information content (AvgIpc) is 3.24. The molecule has 0 bridgehead atoms. The van der Waals surface area contributed by atoms with Gasteiger partial charge in [-0.05, 0) is 76.1 Å². The maximum atomic E-state index is 13.1. The molecule has 3 aromatic rings. The van der Waals surface area contributed by atoms with E-state index >= 15 is 0 Å². The number of hydrogen-bond acceptors (Lipinski definition) is 7. The largest absolute Gasteiger partial charge is 0.493 e. The molecule has 2 saturated heterocycles. The normalized spacial score (nSPS) is 16.5. The SMILES string of the molecule is COc1cc(/C=C2/SC(=O)N(CC(=O)N3CCN(c4ccccc4)CC3)C2=O)cc(Br)c1OCc1ccc(C)cc1. The van der Waals surface area contributed by atoms with E-state index in [0.717, 1.165) is 27.9 Å². The Morgan fingerprint density at radius 1 is 1.00 bits per heavy atom. The smallest absolute Gasteiger partial charge is 0.294 e. The summed E-state index contributed by atoms with van der Waals surface area (Å²) in [5, 5.41) is -0.457. The highest BCUT2D eigenvalue weighted by Gasteiger charge is 2.37. The van der Waals surface area contributed by atoms with E-state index in [0.29, 0.717) is 54.3 Å². The van der Waals surface area contributed by atoms with E-state index in [1.54, 1.807) is 30.2 Å². The molecule has 0 radical (unpaired) electrons. The van der Waals surface area contributed by atoms with Crippen LogP contribution in [-0.4, -0.2) is 66.7 Å². The Balaban J connectivity index is 1.22. The zero-order valence-electron chi connectivity index (χ0n) is 22.8. The Labute approximate surface area is 252 Å². The lowest BCUT2D eigenvalue weighted by molar-refractivity contribution is -0.136. The molecule has 2 aliphatic rings. The van der Waals surface area contributed by atoms with Crippen molar-refractivity contribution in [3.8, 4) is 11.5 Å². The number of halogens is 1. The van der Waals surface area contributed by atoms with Crippen LogP contribution in [0.4, 0.5) is 10.5 Å². The maximum absolute atomic E-state index is 13.1. The summed E-state index contributed by atoms with van der Waals surface area (Å²) >= 11 is 4.38. The number of methoxy groups -OCH3 is 1. The third kappa shape index (κ3) is 6.77. The number of piperazine rings is 1. The summed E-state index contributed by atoms with van der Waals surface area (Å²) in [6.07, 6.45) is 1.63. The van der Waals surface area contributed by atoms with Gasteiger partial charge in [-0.25, -0.2) is 0 Å². The number of ether oxygens (including phenoxy) is 2. The van der Waals surface area contributed by atoms with Gasteiger partial charge >= 0.3 is 0 Å². The van der Waals surface area contributed by atoms with Crippen molar-refractivity contribution < 1.29 is 23.9 Å². The first kappa shape index (κ1) is 28.8. The van der Waals surface area contributed by atoms with E-state index in [1.807, 2.05) is 61.5 Å². The van der Waals surface area contributed by atoms with Gasteiger partial charge in [-0.3, -0.25) is 19.3 Å². The number of carbonyl (C=O) groups is 3. The van der Waals surface area contributed by atoms with Crippen LogP contribution in [0.15, 0.2) is 76.1 Å². The predicted molar refractivity (Wildman–Crippen MR) is 164 cm³/mol. The molecule has 3 aromatic carbocycles. The molecule has 0 N–H and O–H groups in total. The van der Waals surface area contributed by atoms with E-state index in [-0.39, 0.29) is 17.4 Å². The summed E-state index contributed by atoms with van der Waals surface area (Å²) in [6, 6.07) is 21.7. The summed E-state index contributed by atoms with van der Waals surface area (Å²) in [6.45, 7) is 4.58. The Morgan fingerprint density at radius 3 is 2.39 bits per heavy atom. The van der Waals surface area contributed by atoms with Gasteiger partial charge in [-0.1, -0.05) is 48.0 Å². The van der Waals surface area contributed by atoms with Gasteiger partial charge in [0.1, 0.15) is 13.2 Å². The van der Waals surface area contributed by atoms with E-state index in [2.05, 4.69) is 20.8 Å². The molecule has 0 unspecified atom stereocenters. The molecule has 0 aliphatic carbocycles. The second kappa shape index (κ2) is 12.8. The lowest BCUT2D eigenvalue weighted by Crippen LogP contribution is -2.51. The standard InChI is InChI=1S/C31H30BrN3O5S/c1-21-8-10-22(11-9-21)20-40-29-25(32)16-23(17-26(29)39-2)18-27-30(37)35(31(38)41-27)19-28(36)34-14-12-33(13-15-34)24-6-4-3-5-7-24/h3-11,16-18H,12-15,19-20H2,1-2H3/b27-18+. The van der Waals surface area contributed by atoms with Gasteiger partial charge < -0.3 is 19.3 Å². The third-order valence-electron chi connectivity index (χ3n) is 6.97. The first-order chi connectivity index (χ1) is 19.8. The minimum absolute atomic E-state index is 0.235. The Bertz CT molecular complexity index is 1470. The second-order valence-electron chi connectivity index (χ2n) is 9.78. The molecule has 2 fully saturated rings. The van der Waals surface area contributed by atoms with Crippen LogP contribution in [0.1, 0.15) is 16.7 Å². The van der Waals surface area contributed by atoms with Crippen LogP contribution in [0.25, 0.3) is 6.08 Å². The number of anilines is 1. The van der Waals surface area contributed by atoms with Crippen molar-refractivity contribution in [2.75, 3.05) is 44.7 Å². The topological polar surface area (TPSA) is 79.4 Å². The van der Waals surface area contributed by atoms with Crippen LogP contribution < -0.4 is 14.4 Å². The Hall–Kier alpha value is -3.76. The number of nitrogens with zero attached hydrogens (tertiary/aromatic N) is 3. The highest BCUT2D eigenvalue weighted by molar-refractivity contribution is 9.10. The van der Waals surface area contributed by atoms with Crippen LogP contribution in [0.5, 0.6) is 11.5 Å². The highest BCUT2D eigenvalue weighted by Crippen LogP contribution is 2.39. The van der Waals surface area contributed by atoms with Crippen molar-refractivity contribution in [3.05, 3.63) is 92.8 Å². The van der Waals surface area contributed by atoms with Gasteiger partial charge in [0.15, 0.2) is 11.5 Å². The Kier molecular flexibility index (Phi) is 8.99. The lowest BCUT2D eigenvalue weighted by atomic mass is 10.1. The molecule has 10 heteroatoms. The van der Waals surface area contributed by atoms with Gasteiger partial charge in [0.05, 0.1) is 16.5 Å². The van der Waals surface area contributed by atoms with E-state index in [9.17, 15) is 14.4 Å². The fourth-order valence-electron chi connectivity index (χ4n) is 4.68. The van der Waals surface area contributed by atoms with Crippen LogP contribution in [0, 0.1) is 6.92 Å². The van der Waals surface area contributed by atoms with Gasteiger partial charge in [0.25, 0.3) is 11.1 Å². The molecule has 0 saturated carbocycles. The minimum atomic E-state index is -0.481. The number of amides is 3. The van der Waals surface area contributed by atoms with Crippen molar-refractivity contribution >= 4 is 56.5 Å². The molecule has 0 spiro atoms. The van der Waals surface area contributed by atoms with Crippen molar-refractivity contribution in [2.24, 2.45) is 0 Å². The molecule has 2 aliphatic heterocycles. The number of thioether (sulfide) groups is 1. The molecule has 41 heavy (non-hydrogen) atoms. The zero-order chi connectivity index (χ0) is 28.9. The number of rotatable bonds is 8. The van der Waals surface area contributed by atoms with Crippen molar-refractivity contribution in [3.63, 3.8) is 0 Å². The van der Waals surface area contributed by atoms with Gasteiger partial charge in [-0.2, -0.15) is 0 Å². The zero-order valence-corrected chi connectivity index (χ0v) is 25.2. The lowest BCUT2D eigenvalue weighted by Gasteiger charge is -2.36.